The summed E-state index contributed by atoms with van der Waals surface area (Å²) < 4.78 is 0. The summed E-state index contributed by atoms with van der Waals surface area (Å²) in [6, 6.07) is 6.51. The van der Waals surface area contributed by atoms with E-state index in [1.165, 1.54) is 16.7 Å². The second-order valence-electron chi connectivity index (χ2n) is 5.87. The normalized spacial score (nSPS) is 16.6. The number of halogens is 1. The van der Waals surface area contributed by atoms with E-state index in [2.05, 4.69) is 37.4 Å². The van der Waals surface area contributed by atoms with E-state index in [0.717, 1.165) is 32.1 Å². The summed E-state index contributed by atoms with van der Waals surface area (Å²) in [4.78, 5) is 12.1. The highest BCUT2D eigenvalue weighted by Crippen LogP contribution is 2.27. The first-order valence-corrected chi connectivity index (χ1v) is 7.14. The summed E-state index contributed by atoms with van der Waals surface area (Å²) >= 11 is 0. The molecule has 1 amide bonds. The summed E-state index contributed by atoms with van der Waals surface area (Å²) in [5.74, 6) is 0.0226. The quantitative estimate of drug-likeness (QED) is 0.897. The van der Waals surface area contributed by atoms with Crippen LogP contribution in [0.25, 0.3) is 0 Å². The molecule has 0 spiro atoms. The first-order valence-electron chi connectivity index (χ1n) is 7.14. The van der Waals surface area contributed by atoms with Crippen molar-refractivity contribution in [2.75, 3.05) is 6.54 Å². The van der Waals surface area contributed by atoms with E-state index in [9.17, 15) is 4.79 Å². The zero-order valence-electron chi connectivity index (χ0n) is 12.4. The highest BCUT2D eigenvalue weighted by Gasteiger charge is 2.36. The first-order chi connectivity index (χ1) is 8.99. The molecule has 112 valence electrons. The van der Waals surface area contributed by atoms with Crippen LogP contribution in [0.4, 0.5) is 0 Å². The molecule has 0 bridgehead atoms. The predicted molar refractivity (Wildman–Crippen MR) is 85.3 cm³/mol. The topological polar surface area (TPSA) is 55.1 Å². The van der Waals surface area contributed by atoms with Gasteiger partial charge in [-0.25, -0.2) is 0 Å². The van der Waals surface area contributed by atoms with Crippen LogP contribution in [0.2, 0.25) is 0 Å². The molecule has 0 saturated heterocycles. The van der Waals surface area contributed by atoms with E-state index in [1.54, 1.807) is 0 Å². The Labute approximate surface area is 127 Å². The summed E-state index contributed by atoms with van der Waals surface area (Å²) in [6.07, 6.45) is 4.65. The van der Waals surface area contributed by atoms with Gasteiger partial charge in [-0.15, -0.1) is 12.4 Å². The predicted octanol–water partition coefficient (Wildman–Crippen LogP) is 2.66. The Bertz CT molecular complexity index is 447. The zero-order chi connectivity index (χ0) is 13.9. The fraction of sp³-hybridized carbons (Fsp3) is 0.562. The molecular formula is C16H25ClN2O. The lowest BCUT2D eigenvalue weighted by molar-refractivity contribution is -0.126. The monoisotopic (exact) mass is 296 g/mol. The molecule has 3 N–H and O–H groups in total. The Kier molecular flexibility index (Phi) is 6.03. The van der Waals surface area contributed by atoms with Crippen LogP contribution in [0.5, 0.6) is 0 Å². The van der Waals surface area contributed by atoms with Gasteiger partial charge in [-0.1, -0.05) is 42.2 Å². The number of carbonyl (C=O) groups excluding carboxylic acids is 1. The lowest BCUT2D eigenvalue weighted by Gasteiger charge is -2.22. The Morgan fingerprint density at radius 1 is 1.20 bits per heavy atom. The molecular weight excluding hydrogens is 272 g/mol. The first kappa shape index (κ1) is 17.0. The van der Waals surface area contributed by atoms with Gasteiger partial charge in [0.05, 0.1) is 5.54 Å². The molecule has 2 rings (SSSR count). The molecule has 0 aliphatic heterocycles. The molecule has 1 aliphatic rings. The van der Waals surface area contributed by atoms with Gasteiger partial charge in [0.25, 0.3) is 0 Å². The highest BCUT2D eigenvalue weighted by molar-refractivity contribution is 5.86. The van der Waals surface area contributed by atoms with Crippen molar-refractivity contribution in [1.82, 2.24) is 5.32 Å². The Morgan fingerprint density at radius 2 is 1.75 bits per heavy atom. The molecule has 4 heteroatoms. The van der Waals surface area contributed by atoms with Crippen LogP contribution in [0.3, 0.4) is 0 Å². The summed E-state index contributed by atoms with van der Waals surface area (Å²) in [5.41, 5.74) is 9.32. The van der Waals surface area contributed by atoms with Crippen molar-refractivity contribution in [2.45, 2.75) is 51.5 Å². The number of benzene rings is 1. The van der Waals surface area contributed by atoms with Crippen LogP contribution < -0.4 is 11.1 Å². The van der Waals surface area contributed by atoms with Crippen LogP contribution in [-0.4, -0.2) is 18.0 Å². The molecule has 0 radical (unpaired) electrons. The second kappa shape index (κ2) is 7.09. The third kappa shape index (κ3) is 4.22. The zero-order valence-corrected chi connectivity index (χ0v) is 13.2. The number of carbonyl (C=O) groups is 1. The van der Waals surface area contributed by atoms with Gasteiger partial charge in [-0.2, -0.15) is 0 Å². The number of nitrogens with two attached hydrogens (primary N) is 1. The minimum absolute atomic E-state index is 0. The Morgan fingerprint density at radius 3 is 2.30 bits per heavy atom. The lowest BCUT2D eigenvalue weighted by atomic mass is 9.98. The van der Waals surface area contributed by atoms with Crippen LogP contribution in [-0.2, 0) is 11.2 Å². The van der Waals surface area contributed by atoms with Gasteiger partial charge in [-0.05, 0) is 38.7 Å². The van der Waals surface area contributed by atoms with Crippen LogP contribution in [0.1, 0.15) is 42.4 Å². The van der Waals surface area contributed by atoms with Gasteiger partial charge in [0.2, 0.25) is 5.91 Å². The standard InChI is InChI=1S/C16H24N2O.ClH/c1-12-9-13(2)11-14(10-12)5-8-18-15(19)16(17)6-3-4-7-16;/h9-11H,3-8,17H2,1-2H3,(H,18,19);1H. The fourth-order valence-electron chi connectivity index (χ4n) is 2.94. The van der Waals surface area contributed by atoms with E-state index >= 15 is 0 Å². The highest BCUT2D eigenvalue weighted by atomic mass is 35.5. The molecule has 0 atom stereocenters. The smallest absolute Gasteiger partial charge is 0.240 e. The molecule has 1 aliphatic carbocycles. The van der Waals surface area contributed by atoms with Crippen molar-refractivity contribution in [3.05, 3.63) is 34.9 Å². The number of nitrogens with one attached hydrogen (secondary N) is 1. The maximum atomic E-state index is 12.1. The molecule has 0 unspecified atom stereocenters. The minimum atomic E-state index is -0.609. The van der Waals surface area contributed by atoms with Gasteiger partial charge in [0.15, 0.2) is 0 Å². The Hall–Kier alpha value is -1.06. The van der Waals surface area contributed by atoms with Gasteiger partial charge < -0.3 is 11.1 Å². The van der Waals surface area contributed by atoms with Crippen molar-refractivity contribution >= 4 is 18.3 Å². The van der Waals surface area contributed by atoms with E-state index < -0.39 is 5.54 Å². The van der Waals surface area contributed by atoms with Crippen LogP contribution >= 0.6 is 12.4 Å². The van der Waals surface area contributed by atoms with Crippen molar-refractivity contribution in [2.24, 2.45) is 5.73 Å². The van der Waals surface area contributed by atoms with E-state index in [1.807, 2.05) is 0 Å². The van der Waals surface area contributed by atoms with Crippen molar-refractivity contribution in [3.8, 4) is 0 Å². The summed E-state index contributed by atoms with van der Waals surface area (Å²) in [5, 5.41) is 2.99. The maximum Gasteiger partial charge on any atom is 0.240 e. The van der Waals surface area contributed by atoms with Crippen molar-refractivity contribution < 1.29 is 4.79 Å². The molecule has 1 aromatic carbocycles. The average Bonchev–Trinajstić information content (AvgIpc) is 2.76. The maximum absolute atomic E-state index is 12.1. The molecule has 20 heavy (non-hydrogen) atoms. The van der Waals surface area contributed by atoms with Crippen LogP contribution in [0.15, 0.2) is 18.2 Å². The molecule has 1 saturated carbocycles. The number of aryl methyl sites for hydroxylation is 2. The number of amides is 1. The Balaban J connectivity index is 0.00000200. The molecule has 1 aromatic rings. The third-order valence-electron chi connectivity index (χ3n) is 3.93. The van der Waals surface area contributed by atoms with Crippen molar-refractivity contribution in [3.63, 3.8) is 0 Å². The van der Waals surface area contributed by atoms with Gasteiger partial charge >= 0.3 is 0 Å². The second-order valence-corrected chi connectivity index (χ2v) is 5.87. The average molecular weight is 297 g/mol. The molecule has 0 aromatic heterocycles. The lowest BCUT2D eigenvalue weighted by Crippen LogP contribution is -2.52. The molecule has 3 nitrogen and oxygen atoms in total. The minimum Gasteiger partial charge on any atom is -0.354 e. The van der Waals surface area contributed by atoms with Gasteiger partial charge in [-0.3, -0.25) is 4.79 Å². The summed E-state index contributed by atoms with van der Waals surface area (Å²) in [6.45, 7) is 4.87. The van der Waals surface area contributed by atoms with Crippen molar-refractivity contribution in [1.29, 1.82) is 0 Å². The van der Waals surface area contributed by atoms with E-state index in [0.29, 0.717) is 6.54 Å². The number of rotatable bonds is 4. The third-order valence-corrected chi connectivity index (χ3v) is 3.93. The number of hydrogen-bond acceptors (Lipinski definition) is 2. The van der Waals surface area contributed by atoms with Gasteiger partial charge in [0, 0.05) is 6.54 Å². The molecule has 0 heterocycles. The van der Waals surface area contributed by atoms with Crippen LogP contribution in [0, 0.1) is 13.8 Å². The summed E-state index contributed by atoms with van der Waals surface area (Å²) in [7, 11) is 0. The van der Waals surface area contributed by atoms with E-state index in [4.69, 9.17) is 5.73 Å². The van der Waals surface area contributed by atoms with Gasteiger partial charge in [0.1, 0.15) is 0 Å². The fourth-order valence-corrected chi connectivity index (χ4v) is 2.94. The SMILES string of the molecule is Cc1cc(C)cc(CCNC(=O)C2(N)CCCC2)c1.Cl. The molecule has 1 fully saturated rings. The number of hydrogen-bond donors (Lipinski definition) is 2. The van der Waals surface area contributed by atoms with E-state index in [-0.39, 0.29) is 18.3 Å². The largest absolute Gasteiger partial charge is 0.354 e.